The molecule has 6 heteroatoms. The molecule has 1 fully saturated rings. The van der Waals surface area contributed by atoms with Crippen LogP contribution < -0.4 is 10.6 Å². The Morgan fingerprint density at radius 1 is 1.37 bits per heavy atom. The standard InChI is InChI=1S/C13H24N2O4/c1-5-18-11(16)9-6-7-14-8-10(9)15-12(17)19-13(2,3)4/h9-10,14H,5-8H2,1-4H3,(H,15,17)/t9-,10+/m0/s1. The molecule has 0 saturated carbocycles. The molecule has 2 atom stereocenters. The van der Waals surface area contributed by atoms with Gasteiger partial charge in [-0.15, -0.1) is 0 Å². The minimum absolute atomic E-state index is 0.259. The predicted molar refractivity (Wildman–Crippen MR) is 70.8 cm³/mol. The quantitative estimate of drug-likeness (QED) is 0.751. The Hall–Kier alpha value is -1.30. The summed E-state index contributed by atoms with van der Waals surface area (Å²) >= 11 is 0. The van der Waals surface area contributed by atoms with Crippen molar-refractivity contribution in [3.05, 3.63) is 0 Å². The number of ether oxygens (including phenoxy) is 2. The number of alkyl carbamates (subject to hydrolysis) is 1. The Labute approximate surface area is 114 Å². The van der Waals surface area contributed by atoms with Gasteiger partial charge in [-0.3, -0.25) is 4.79 Å². The Balaban J connectivity index is 2.57. The molecule has 1 amide bonds. The zero-order chi connectivity index (χ0) is 14.5. The van der Waals surface area contributed by atoms with Crippen LogP contribution in [0.4, 0.5) is 4.79 Å². The summed E-state index contributed by atoms with van der Waals surface area (Å²) in [7, 11) is 0. The summed E-state index contributed by atoms with van der Waals surface area (Å²) in [6.07, 6.45) is 0.148. The maximum absolute atomic E-state index is 11.8. The molecular weight excluding hydrogens is 248 g/mol. The summed E-state index contributed by atoms with van der Waals surface area (Å²) in [5.41, 5.74) is -0.550. The van der Waals surface area contributed by atoms with E-state index in [1.54, 1.807) is 27.7 Å². The molecule has 1 aliphatic heterocycles. The number of rotatable bonds is 3. The summed E-state index contributed by atoms with van der Waals surface area (Å²) in [5, 5.41) is 5.89. The van der Waals surface area contributed by atoms with Crippen molar-refractivity contribution in [2.45, 2.75) is 45.8 Å². The minimum atomic E-state index is -0.550. The number of carbonyl (C=O) groups excluding carboxylic acids is 2. The molecule has 1 heterocycles. The first-order chi connectivity index (χ1) is 8.83. The summed E-state index contributed by atoms with van der Waals surface area (Å²) in [6.45, 7) is 8.81. The van der Waals surface area contributed by atoms with Crippen LogP contribution in [-0.2, 0) is 14.3 Å². The van der Waals surface area contributed by atoms with Gasteiger partial charge in [0.2, 0.25) is 0 Å². The lowest BCUT2D eigenvalue weighted by Gasteiger charge is -2.31. The molecule has 2 N–H and O–H groups in total. The highest BCUT2D eigenvalue weighted by molar-refractivity contribution is 5.75. The molecule has 1 saturated heterocycles. The van der Waals surface area contributed by atoms with E-state index in [0.717, 1.165) is 6.54 Å². The monoisotopic (exact) mass is 272 g/mol. The molecular formula is C13H24N2O4. The van der Waals surface area contributed by atoms with Crippen molar-refractivity contribution in [3.8, 4) is 0 Å². The number of esters is 1. The van der Waals surface area contributed by atoms with Crippen molar-refractivity contribution in [1.29, 1.82) is 0 Å². The number of carbonyl (C=O) groups is 2. The van der Waals surface area contributed by atoms with E-state index < -0.39 is 11.7 Å². The fourth-order valence-corrected chi connectivity index (χ4v) is 2.00. The largest absolute Gasteiger partial charge is 0.466 e. The topological polar surface area (TPSA) is 76.7 Å². The summed E-state index contributed by atoms with van der Waals surface area (Å²) in [5.74, 6) is -0.571. The van der Waals surface area contributed by atoms with Crippen molar-refractivity contribution < 1.29 is 19.1 Å². The van der Waals surface area contributed by atoms with E-state index in [1.165, 1.54) is 0 Å². The van der Waals surface area contributed by atoms with Crippen molar-refractivity contribution in [2.75, 3.05) is 19.7 Å². The molecule has 0 unspecified atom stereocenters. The van der Waals surface area contributed by atoms with Gasteiger partial charge in [0.25, 0.3) is 0 Å². The zero-order valence-electron chi connectivity index (χ0n) is 12.1. The highest BCUT2D eigenvalue weighted by atomic mass is 16.6. The maximum Gasteiger partial charge on any atom is 0.407 e. The van der Waals surface area contributed by atoms with Crippen molar-refractivity contribution in [3.63, 3.8) is 0 Å². The molecule has 0 aliphatic carbocycles. The van der Waals surface area contributed by atoms with Crippen LogP contribution in [0.1, 0.15) is 34.1 Å². The van der Waals surface area contributed by atoms with Crippen LogP contribution in [-0.4, -0.2) is 43.4 Å². The van der Waals surface area contributed by atoms with Crippen LogP contribution in [0.15, 0.2) is 0 Å². The molecule has 19 heavy (non-hydrogen) atoms. The minimum Gasteiger partial charge on any atom is -0.466 e. The van der Waals surface area contributed by atoms with E-state index in [-0.39, 0.29) is 17.9 Å². The van der Waals surface area contributed by atoms with Gasteiger partial charge in [0.05, 0.1) is 18.6 Å². The first-order valence-corrected chi connectivity index (χ1v) is 6.70. The van der Waals surface area contributed by atoms with Gasteiger partial charge in [0.15, 0.2) is 0 Å². The Morgan fingerprint density at radius 2 is 2.05 bits per heavy atom. The van der Waals surface area contributed by atoms with Gasteiger partial charge in [-0.05, 0) is 40.7 Å². The molecule has 1 aliphatic rings. The first-order valence-electron chi connectivity index (χ1n) is 6.70. The first kappa shape index (κ1) is 15.8. The van der Waals surface area contributed by atoms with E-state index in [1.807, 2.05) is 0 Å². The summed E-state index contributed by atoms with van der Waals surface area (Å²) in [4.78, 5) is 23.6. The van der Waals surface area contributed by atoms with Crippen LogP contribution in [0.3, 0.4) is 0 Å². The fourth-order valence-electron chi connectivity index (χ4n) is 2.00. The van der Waals surface area contributed by atoms with Gasteiger partial charge >= 0.3 is 12.1 Å². The highest BCUT2D eigenvalue weighted by Crippen LogP contribution is 2.16. The molecule has 0 radical (unpaired) electrons. The van der Waals surface area contributed by atoms with Crippen LogP contribution >= 0.6 is 0 Å². The predicted octanol–water partition coefficient (Wildman–Crippen LogP) is 1.05. The zero-order valence-corrected chi connectivity index (χ0v) is 12.1. The third kappa shape index (κ3) is 5.46. The molecule has 0 aromatic carbocycles. The van der Waals surface area contributed by atoms with Crippen LogP contribution in [0, 0.1) is 5.92 Å². The number of hydrogen-bond donors (Lipinski definition) is 2. The van der Waals surface area contributed by atoms with Crippen molar-refractivity contribution in [2.24, 2.45) is 5.92 Å². The smallest absolute Gasteiger partial charge is 0.407 e. The second-order valence-corrected chi connectivity index (χ2v) is 5.60. The van der Waals surface area contributed by atoms with E-state index in [0.29, 0.717) is 19.6 Å². The van der Waals surface area contributed by atoms with Crippen LogP contribution in [0.25, 0.3) is 0 Å². The SMILES string of the molecule is CCOC(=O)[C@H]1CCNC[C@H]1NC(=O)OC(C)(C)C. The lowest BCUT2D eigenvalue weighted by Crippen LogP contribution is -2.54. The Morgan fingerprint density at radius 3 is 2.63 bits per heavy atom. The van der Waals surface area contributed by atoms with Gasteiger partial charge in [0, 0.05) is 6.54 Å². The maximum atomic E-state index is 11.8. The van der Waals surface area contributed by atoms with Gasteiger partial charge < -0.3 is 20.1 Å². The van der Waals surface area contributed by atoms with Gasteiger partial charge in [0.1, 0.15) is 5.60 Å². The number of piperidine rings is 1. The molecule has 6 nitrogen and oxygen atoms in total. The molecule has 0 bridgehead atoms. The third-order valence-electron chi connectivity index (χ3n) is 2.77. The Kier molecular flexibility index (Phi) is 5.60. The van der Waals surface area contributed by atoms with Gasteiger partial charge in [-0.2, -0.15) is 0 Å². The van der Waals surface area contributed by atoms with Gasteiger partial charge in [-0.25, -0.2) is 4.79 Å². The lowest BCUT2D eigenvalue weighted by atomic mass is 9.93. The van der Waals surface area contributed by atoms with E-state index >= 15 is 0 Å². The number of nitrogens with one attached hydrogen (secondary N) is 2. The van der Waals surface area contributed by atoms with Gasteiger partial charge in [-0.1, -0.05) is 0 Å². The lowest BCUT2D eigenvalue weighted by molar-refractivity contribution is -0.149. The molecule has 110 valence electrons. The van der Waals surface area contributed by atoms with E-state index in [2.05, 4.69) is 10.6 Å². The number of hydrogen-bond acceptors (Lipinski definition) is 5. The Bertz CT molecular complexity index is 325. The second kappa shape index (κ2) is 6.75. The summed E-state index contributed by atoms with van der Waals surface area (Å²) in [6, 6.07) is -0.289. The molecule has 0 aromatic rings. The van der Waals surface area contributed by atoms with Crippen molar-refractivity contribution >= 4 is 12.1 Å². The average molecular weight is 272 g/mol. The molecule has 1 rings (SSSR count). The third-order valence-corrected chi connectivity index (χ3v) is 2.77. The number of amides is 1. The highest BCUT2D eigenvalue weighted by Gasteiger charge is 2.34. The van der Waals surface area contributed by atoms with E-state index in [9.17, 15) is 9.59 Å². The summed E-state index contributed by atoms with van der Waals surface area (Å²) < 4.78 is 10.2. The van der Waals surface area contributed by atoms with E-state index in [4.69, 9.17) is 9.47 Å². The second-order valence-electron chi connectivity index (χ2n) is 5.60. The normalized spacial score (nSPS) is 23.6. The fraction of sp³-hybridized carbons (Fsp3) is 0.846. The molecule has 0 spiro atoms. The van der Waals surface area contributed by atoms with Crippen LogP contribution in [0.5, 0.6) is 0 Å². The van der Waals surface area contributed by atoms with Crippen molar-refractivity contribution in [1.82, 2.24) is 10.6 Å². The van der Waals surface area contributed by atoms with Crippen LogP contribution in [0.2, 0.25) is 0 Å². The average Bonchev–Trinajstić information content (AvgIpc) is 2.27. The molecule has 0 aromatic heterocycles.